The first-order valence-corrected chi connectivity index (χ1v) is 6.59. The Labute approximate surface area is 108 Å². The first kappa shape index (κ1) is 11.5. The van der Waals surface area contributed by atoms with Crippen LogP contribution in [0.3, 0.4) is 0 Å². The van der Waals surface area contributed by atoms with Crippen LogP contribution in [0.2, 0.25) is 0 Å². The Hall–Kier alpha value is -1.60. The van der Waals surface area contributed by atoms with Crippen molar-refractivity contribution in [2.45, 2.75) is 18.9 Å². The fourth-order valence-electron chi connectivity index (χ4n) is 3.27. The van der Waals surface area contributed by atoms with Gasteiger partial charge in [-0.1, -0.05) is 0 Å². The summed E-state index contributed by atoms with van der Waals surface area (Å²) in [5.74, 6) is 1.81. The van der Waals surface area contributed by atoms with E-state index in [9.17, 15) is 0 Å². The van der Waals surface area contributed by atoms with Crippen LogP contribution in [0, 0.1) is 17.2 Å². The fourth-order valence-corrected chi connectivity index (χ4v) is 3.27. The molecule has 1 aromatic rings. The van der Waals surface area contributed by atoms with Crippen LogP contribution in [0.1, 0.15) is 18.4 Å². The molecule has 2 aliphatic rings. The molecule has 0 aliphatic carbocycles. The molecule has 1 unspecified atom stereocenters. The van der Waals surface area contributed by atoms with Crippen molar-refractivity contribution in [2.24, 2.45) is 5.92 Å². The summed E-state index contributed by atoms with van der Waals surface area (Å²) in [4.78, 5) is 9.29. The van der Waals surface area contributed by atoms with E-state index in [1.807, 2.05) is 12.1 Å². The molecule has 0 radical (unpaired) electrons. The number of hydrogen-bond donors (Lipinski definition) is 0. The number of rotatable bonds is 1. The average molecular weight is 242 g/mol. The lowest BCUT2D eigenvalue weighted by molar-refractivity contribution is 0.202. The Kier molecular flexibility index (Phi) is 2.92. The third-order valence-electron chi connectivity index (χ3n) is 4.21. The summed E-state index contributed by atoms with van der Waals surface area (Å²) in [5, 5.41) is 8.80. The first-order valence-electron chi connectivity index (χ1n) is 6.59. The number of hydrogen-bond acceptors (Lipinski definition) is 4. The van der Waals surface area contributed by atoms with Crippen molar-refractivity contribution in [3.05, 3.63) is 23.9 Å². The summed E-state index contributed by atoms with van der Waals surface area (Å²) in [6.07, 6.45) is 4.16. The van der Waals surface area contributed by atoms with Crippen LogP contribution in [0.25, 0.3) is 0 Å². The van der Waals surface area contributed by atoms with Gasteiger partial charge in [-0.25, -0.2) is 4.98 Å². The number of nitrogens with zero attached hydrogens (tertiary/aromatic N) is 4. The van der Waals surface area contributed by atoms with Crippen molar-refractivity contribution in [3.63, 3.8) is 0 Å². The largest absolute Gasteiger partial charge is 0.353 e. The van der Waals surface area contributed by atoms with Gasteiger partial charge in [0.2, 0.25) is 0 Å². The zero-order valence-corrected chi connectivity index (χ0v) is 10.7. The smallest absolute Gasteiger partial charge is 0.128 e. The highest BCUT2D eigenvalue weighted by Gasteiger charge is 2.37. The number of piperidine rings is 1. The zero-order valence-electron chi connectivity index (χ0n) is 10.7. The van der Waals surface area contributed by atoms with Gasteiger partial charge >= 0.3 is 0 Å². The summed E-state index contributed by atoms with van der Waals surface area (Å²) >= 11 is 0. The molecule has 2 aliphatic heterocycles. The maximum absolute atomic E-state index is 8.80. The number of aromatic nitrogens is 1. The van der Waals surface area contributed by atoms with Crippen LogP contribution in [0.4, 0.5) is 5.82 Å². The molecule has 18 heavy (non-hydrogen) atoms. The van der Waals surface area contributed by atoms with E-state index < -0.39 is 0 Å². The highest BCUT2D eigenvalue weighted by Crippen LogP contribution is 2.33. The maximum Gasteiger partial charge on any atom is 0.128 e. The Morgan fingerprint density at radius 2 is 2.22 bits per heavy atom. The van der Waals surface area contributed by atoms with Crippen molar-refractivity contribution >= 4 is 5.82 Å². The summed E-state index contributed by atoms with van der Waals surface area (Å²) in [7, 11) is 2.21. The Morgan fingerprint density at radius 3 is 2.94 bits per heavy atom. The average Bonchev–Trinajstić information content (AvgIpc) is 2.81. The second kappa shape index (κ2) is 4.58. The van der Waals surface area contributed by atoms with E-state index in [2.05, 4.69) is 27.9 Å². The molecule has 2 saturated heterocycles. The van der Waals surface area contributed by atoms with Crippen molar-refractivity contribution in [1.29, 1.82) is 5.26 Å². The predicted octanol–water partition coefficient (Wildman–Crippen LogP) is 1.48. The third kappa shape index (κ3) is 1.95. The summed E-state index contributed by atoms with van der Waals surface area (Å²) < 4.78 is 0. The van der Waals surface area contributed by atoms with Gasteiger partial charge in [0.05, 0.1) is 5.56 Å². The third-order valence-corrected chi connectivity index (χ3v) is 4.21. The Morgan fingerprint density at radius 1 is 1.33 bits per heavy atom. The lowest BCUT2D eigenvalue weighted by Gasteiger charge is -2.36. The Bertz CT molecular complexity index is 462. The van der Waals surface area contributed by atoms with Gasteiger partial charge in [-0.3, -0.25) is 0 Å². The standard InChI is InChI=1S/C14H18N4/c1-17-6-5-13-12(10-17)4-7-18(13)14-3-2-11(8-15)9-16-14/h2-3,9,12-13H,4-7,10H2,1H3/t12-,13?/m1/s1. The topological polar surface area (TPSA) is 43.2 Å². The fraction of sp³-hybridized carbons (Fsp3) is 0.571. The van der Waals surface area contributed by atoms with Crippen molar-refractivity contribution in [3.8, 4) is 6.07 Å². The molecule has 0 spiro atoms. The molecule has 0 amide bonds. The van der Waals surface area contributed by atoms with Gasteiger partial charge in [-0.05, 0) is 44.5 Å². The zero-order chi connectivity index (χ0) is 12.5. The van der Waals surface area contributed by atoms with E-state index in [-0.39, 0.29) is 0 Å². The highest BCUT2D eigenvalue weighted by atomic mass is 15.3. The molecular weight excluding hydrogens is 224 g/mol. The molecule has 0 saturated carbocycles. The number of likely N-dealkylation sites (tertiary alicyclic amines) is 1. The monoisotopic (exact) mass is 242 g/mol. The van der Waals surface area contributed by atoms with E-state index in [1.54, 1.807) is 6.20 Å². The summed E-state index contributed by atoms with van der Waals surface area (Å²) in [5.41, 5.74) is 0.637. The van der Waals surface area contributed by atoms with Gasteiger partial charge in [-0.2, -0.15) is 5.26 Å². The van der Waals surface area contributed by atoms with Gasteiger partial charge in [-0.15, -0.1) is 0 Å². The van der Waals surface area contributed by atoms with E-state index in [0.29, 0.717) is 11.6 Å². The molecule has 94 valence electrons. The molecule has 1 aromatic heterocycles. The normalized spacial score (nSPS) is 27.9. The van der Waals surface area contributed by atoms with Gasteiger partial charge in [0, 0.05) is 25.3 Å². The minimum atomic E-state index is 0.637. The van der Waals surface area contributed by atoms with Crippen LogP contribution in [-0.2, 0) is 0 Å². The van der Waals surface area contributed by atoms with Crippen molar-refractivity contribution < 1.29 is 0 Å². The molecule has 4 nitrogen and oxygen atoms in total. The molecule has 3 rings (SSSR count). The number of anilines is 1. The molecule has 0 aromatic carbocycles. The lowest BCUT2D eigenvalue weighted by Crippen LogP contribution is -2.44. The minimum Gasteiger partial charge on any atom is -0.353 e. The van der Waals surface area contributed by atoms with Crippen molar-refractivity contribution in [1.82, 2.24) is 9.88 Å². The molecular formula is C14H18N4. The summed E-state index contributed by atoms with van der Waals surface area (Å²) in [6, 6.07) is 6.61. The molecule has 2 atom stereocenters. The Balaban J connectivity index is 1.79. The maximum atomic E-state index is 8.80. The SMILES string of the molecule is CN1CCC2[C@H](CCN2c2ccc(C#N)cn2)C1. The van der Waals surface area contributed by atoms with Crippen molar-refractivity contribution in [2.75, 3.05) is 31.6 Å². The summed E-state index contributed by atoms with van der Waals surface area (Å²) in [6.45, 7) is 3.48. The van der Waals surface area contributed by atoms with Crippen LogP contribution in [-0.4, -0.2) is 42.6 Å². The van der Waals surface area contributed by atoms with Crippen LogP contribution in [0.15, 0.2) is 18.3 Å². The predicted molar refractivity (Wildman–Crippen MR) is 70.3 cm³/mol. The van der Waals surface area contributed by atoms with Gasteiger partial charge in [0.15, 0.2) is 0 Å². The van der Waals surface area contributed by atoms with Crippen LogP contribution >= 0.6 is 0 Å². The van der Waals surface area contributed by atoms with Crippen LogP contribution in [0.5, 0.6) is 0 Å². The molecule has 3 heterocycles. The lowest BCUT2D eigenvalue weighted by atomic mass is 9.93. The molecule has 0 bridgehead atoms. The molecule has 0 N–H and O–H groups in total. The second-order valence-corrected chi connectivity index (χ2v) is 5.38. The first-order chi connectivity index (χ1) is 8.78. The number of fused-ring (bicyclic) bond motifs is 1. The molecule has 2 fully saturated rings. The van der Waals surface area contributed by atoms with Crippen LogP contribution < -0.4 is 4.90 Å². The quantitative estimate of drug-likeness (QED) is 0.748. The van der Waals surface area contributed by atoms with Gasteiger partial charge in [0.25, 0.3) is 0 Å². The van der Waals surface area contributed by atoms with Gasteiger partial charge < -0.3 is 9.80 Å². The van der Waals surface area contributed by atoms with E-state index in [4.69, 9.17) is 5.26 Å². The van der Waals surface area contributed by atoms with Gasteiger partial charge in [0.1, 0.15) is 11.9 Å². The van der Waals surface area contributed by atoms with E-state index >= 15 is 0 Å². The second-order valence-electron chi connectivity index (χ2n) is 5.38. The van der Waals surface area contributed by atoms with E-state index in [0.717, 1.165) is 18.3 Å². The number of pyridine rings is 1. The number of nitriles is 1. The highest BCUT2D eigenvalue weighted by molar-refractivity contribution is 5.44. The molecule has 4 heteroatoms. The minimum absolute atomic E-state index is 0.637. The van der Waals surface area contributed by atoms with E-state index in [1.165, 1.54) is 25.9 Å².